The number of alkyl halides is 1. The molecule has 1 radical (unpaired) electrons. The first-order chi connectivity index (χ1) is 6.29. The maximum atomic E-state index is 5.51. The quantitative estimate of drug-likeness (QED) is 0.697. The molecule has 0 amide bonds. The molecule has 1 rings (SSSR count). The number of rotatable bonds is 4. The van der Waals surface area contributed by atoms with Gasteiger partial charge in [0.1, 0.15) is 0 Å². The van der Waals surface area contributed by atoms with Crippen LogP contribution in [0.25, 0.3) is 0 Å². The summed E-state index contributed by atoms with van der Waals surface area (Å²) in [5.41, 5.74) is 1.34. The van der Waals surface area contributed by atoms with Crippen molar-refractivity contribution < 1.29 is 0 Å². The minimum absolute atomic E-state index is 0.264. The summed E-state index contributed by atoms with van der Waals surface area (Å²) in [6.07, 6.45) is 2.80. The van der Waals surface area contributed by atoms with Gasteiger partial charge in [-0.05, 0) is 17.9 Å². The Kier molecular flexibility index (Phi) is 4.23. The summed E-state index contributed by atoms with van der Waals surface area (Å²) in [6.45, 7) is 7.69. The molecule has 0 saturated heterocycles. The number of allylic oxidation sites excluding steroid dienone is 1. The van der Waals surface area contributed by atoms with E-state index in [0.717, 1.165) is 6.42 Å². The lowest BCUT2D eigenvalue weighted by Gasteiger charge is -2.18. The number of halogens is 1. The zero-order valence-corrected chi connectivity index (χ0v) is 9.37. The highest BCUT2D eigenvalue weighted by atomic mass is 79.9. The monoisotopic (exact) mass is 237 g/mol. The lowest BCUT2D eigenvalue weighted by atomic mass is 9.93. The fraction of sp³-hybridized carbons (Fsp3) is 0.333. The molecular weight excluding hydrogens is 224 g/mol. The highest BCUT2D eigenvalue weighted by Crippen LogP contribution is 2.28. The van der Waals surface area contributed by atoms with E-state index in [1.165, 1.54) is 5.56 Å². The topological polar surface area (TPSA) is 0 Å². The van der Waals surface area contributed by atoms with E-state index in [1.54, 1.807) is 6.08 Å². The van der Waals surface area contributed by atoms with Crippen LogP contribution in [0.4, 0.5) is 0 Å². The maximum Gasteiger partial charge on any atom is 0.0396 e. The van der Waals surface area contributed by atoms with Crippen LogP contribution in [-0.2, 0) is 0 Å². The largest absolute Gasteiger partial charge is 0.0839 e. The van der Waals surface area contributed by atoms with Crippen molar-refractivity contribution in [3.63, 3.8) is 0 Å². The third-order valence-corrected chi connectivity index (χ3v) is 3.18. The lowest BCUT2D eigenvalue weighted by Crippen LogP contribution is -2.08. The molecular formula is C12H14Br. The Hall–Kier alpha value is -0.560. The van der Waals surface area contributed by atoms with Gasteiger partial charge in [0.25, 0.3) is 0 Å². The van der Waals surface area contributed by atoms with Crippen LogP contribution in [0.3, 0.4) is 0 Å². The van der Waals surface area contributed by atoms with Gasteiger partial charge < -0.3 is 0 Å². The first kappa shape index (κ1) is 10.5. The Bertz CT molecular complexity index is 253. The summed E-state index contributed by atoms with van der Waals surface area (Å²) >= 11 is 3.56. The van der Waals surface area contributed by atoms with Crippen LogP contribution in [0.1, 0.15) is 24.8 Å². The fourth-order valence-corrected chi connectivity index (χ4v) is 2.16. The van der Waals surface area contributed by atoms with E-state index in [9.17, 15) is 0 Å². The molecule has 0 N–H and O–H groups in total. The van der Waals surface area contributed by atoms with E-state index in [2.05, 4.69) is 47.1 Å². The summed E-state index contributed by atoms with van der Waals surface area (Å²) in [4.78, 5) is 0.264. The second-order valence-electron chi connectivity index (χ2n) is 3.06. The predicted molar refractivity (Wildman–Crippen MR) is 61.1 cm³/mol. The second kappa shape index (κ2) is 5.23. The molecule has 0 fully saturated rings. The van der Waals surface area contributed by atoms with E-state index in [1.807, 2.05) is 6.07 Å². The molecule has 0 nitrogen and oxygen atoms in total. The van der Waals surface area contributed by atoms with Crippen molar-refractivity contribution in [1.29, 1.82) is 0 Å². The Morgan fingerprint density at radius 3 is 2.46 bits per heavy atom. The van der Waals surface area contributed by atoms with Gasteiger partial charge in [-0.15, -0.1) is 0 Å². The van der Waals surface area contributed by atoms with Gasteiger partial charge in [-0.1, -0.05) is 65.8 Å². The third kappa shape index (κ3) is 2.70. The Morgan fingerprint density at radius 2 is 2.00 bits per heavy atom. The summed E-state index contributed by atoms with van der Waals surface area (Å²) in [5, 5.41) is 0. The normalized spacial score (nSPS) is 14.9. The van der Waals surface area contributed by atoms with Gasteiger partial charge in [0.2, 0.25) is 0 Å². The molecule has 0 saturated carbocycles. The molecule has 2 unspecified atom stereocenters. The average molecular weight is 238 g/mol. The van der Waals surface area contributed by atoms with Crippen molar-refractivity contribution in [2.75, 3.05) is 0 Å². The van der Waals surface area contributed by atoms with E-state index in [4.69, 9.17) is 6.58 Å². The van der Waals surface area contributed by atoms with E-state index < -0.39 is 0 Å². The minimum atomic E-state index is 0.264. The van der Waals surface area contributed by atoms with E-state index in [-0.39, 0.29) is 4.83 Å². The SMILES string of the molecule is [CH]=CC(Br)C(CC)c1ccccc1. The van der Waals surface area contributed by atoms with Gasteiger partial charge in [0.15, 0.2) is 0 Å². The van der Waals surface area contributed by atoms with Crippen LogP contribution in [0, 0.1) is 6.58 Å². The number of hydrogen-bond donors (Lipinski definition) is 0. The van der Waals surface area contributed by atoms with Crippen LogP contribution in [0.5, 0.6) is 0 Å². The molecule has 13 heavy (non-hydrogen) atoms. The molecule has 0 bridgehead atoms. The molecule has 0 aliphatic rings. The van der Waals surface area contributed by atoms with Gasteiger partial charge in [0, 0.05) is 4.83 Å². The van der Waals surface area contributed by atoms with Gasteiger partial charge in [-0.2, -0.15) is 0 Å². The Labute approximate surface area is 88.8 Å². The van der Waals surface area contributed by atoms with Gasteiger partial charge in [0.05, 0.1) is 0 Å². The van der Waals surface area contributed by atoms with Gasteiger partial charge >= 0.3 is 0 Å². The Morgan fingerprint density at radius 1 is 1.38 bits per heavy atom. The zero-order valence-electron chi connectivity index (χ0n) is 7.78. The van der Waals surface area contributed by atoms with Crippen molar-refractivity contribution in [2.24, 2.45) is 0 Å². The molecule has 0 aliphatic heterocycles. The van der Waals surface area contributed by atoms with Crippen LogP contribution >= 0.6 is 15.9 Å². The van der Waals surface area contributed by atoms with Crippen molar-refractivity contribution in [3.05, 3.63) is 48.6 Å². The molecule has 69 valence electrons. The van der Waals surface area contributed by atoms with Crippen molar-refractivity contribution >= 4 is 15.9 Å². The minimum Gasteiger partial charge on any atom is -0.0839 e. The fourth-order valence-electron chi connectivity index (χ4n) is 1.48. The smallest absolute Gasteiger partial charge is 0.0396 e. The van der Waals surface area contributed by atoms with E-state index >= 15 is 0 Å². The van der Waals surface area contributed by atoms with Crippen molar-refractivity contribution in [3.8, 4) is 0 Å². The van der Waals surface area contributed by atoms with Crippen molar-refractivity contribution in [2.45, 2.75) is 24.1 Å². The predicted octanol–water partition coefficient (Wildman–Crippen LogP) is 3.93. The molecule has 0 aliphatic carbocycles. The molecule has 1 aromatic carbocycles. The highest BCUT2D eigenvalue weighted by Gasteiger charge is 2.15. The van der Waals surface area contributed by atoms with Gasteiger partial charge in [-0.3, -0.25) is 0 Å². The summed E-state index contributed by atoms with van der Waals surface area (Å²) in [7, 11) is 0. The first-order valence-corrected chi connectivity index (χ1v) is 5.45. The molecule has 1 aromatic rings. The van der Waals surface area contributed by atoms with Crippen LogP contribution in [-0.4, -0.2) is 4.83 Å². The zero-order chi connectivity index (χ0) is 9.68. The average Bonchev–Trinajstić information content (AvgIpc) is 2.20. The van der Waals surface area contributed by atoms with E-state index in [0.29, 0.717) is 5.92 Å². The summed E-state index contributed by atoms with van der Waals surface area (Å²) in [5.74, 6) is 0.478. The maximum absolute atomic E-state index is 5.51. The second-order valence-corrected chi connectivity index (χ2v) is 4.12. The molecule has 2 atom stereocenters. The number of benzene rings is 1. The molecule has 1 heteroatoms. The first-order valence-electron chi connectivity index (χ1n) is 4.53. The molecule has 0 heterocycles. The standard InChI is InChI=1S/C12H14Br/c1-3-11(12(13)4-2)10-8-6-5-7-9-10/h2,4-9,11-12H,3H2,1H3. The van der Waals surface area contributed by atoms with Crippen LogP contribution < -0.4 is 0 Å². The van der Waals surface area contributed by atoms with Crippen LogP contribution in [0.15, 0.2) is 36.4 Å². The lowest BCUT2D eigenvalue weighted by molar-refractivity contribution is 0.693. The Balaban J connectivity index is 2.84. The molecule has 0 aromatic heterocycles. The third-order valence-electron chi connectivity index (χ3n) is 2.24. The summed E-state index contributed by atoms with van der Waals surface area (Å²) < 4.78 is 0. The van der Waals surface area contributed by atoms with Gasteiger partial charge in [-0.25, -0.2) is 0 Å². The highest BCUT2D eigenvalue weighted by molar-refractivity contribution is 9.09. The van der Waals surface area contributed by atoms with Crippen molar-refractivity contribution in [1.82, 2.24) is 0 Å². The number of hydrogen-bond acceptors (Lipinski definition) is 0. The summed E-state index contributed by atoms with van der Waals surface area (Å²) in [6, 6.07) is 10.5. The molecule has 0 spiro atoms. The van der Waals surface area contributed by atoms with Crippen LogP contribution in [0.2, 0.25) is 0 Å².